The number of carbonyl (C=O) groups excluding carboxylic acids is 2. The molecule has 1 atom stereocenters. The molecule has 2 aromatic carbocycles. The summed E-state index contributed by atoms with van der Waals surface area (Å²) in [5, 5.41) is 0. The van der Waals surface area contributed by atoms with Gasteiger partial charge in [-0.05, 0) is 62.6 Å². The summed E-state index contributed by atoms with van der Waals surface area (Å²) >= 11 is 0. The lowest BCUT2D eigenvalue weighted by Crippen LogP contribution is -2.47. The molecule has 2 rings (SSSR count). The molecule has 0 heterocycles. The summed E-state index contributed by atoms with van der Waals surface area (Å²) in [4.78, 5) is 24.7. The second-order valence-electron chi connectivity index (χ2n) is 6.97. The monoisotopic (exact) mass is 414 g/mol. The van der Waals surface area contributed by atoms with Crippen LogP contribution in [0.5, 0.6) is 17.2 Å². The van der Waals surface area contributed by atoms with E-state index in [1.807, 2.05) is 26.0 Å². The van der Waals surface area contributed by atoms with Gasteiger partial charge < -0.3 is 14.2 Å². The number of ether oxygens (including phenoxy) is 3. The molecule has 2 N–H and O–H groups in total. The Bertz CT molecular complexity index is 882. The van der Waals surface area contributed by atoms with E-state index in [1.165, 1.54) is 7.11 Å². The topological polar surface area (TPSA) is 85.9 Å². The predicted octanol–water partition coefficient (Wildman–Crippen LogP) is 3.72. The molecule has 7 heteroatoms. The smallest absolute Gasteiger partial charge is 0.279 e. The van der Waals surface area contributed by atoms with Crippen molar-refractivity contribution in [2.75, 3.05) is 13.7 Å². The van der Waals surface area contributed by atoms with Crippen LogP contribution in [0.1, 0.15) is 48.2 Å². The van der Waals surface area contributed by atoms with Crippen molar-refractivity contribution in [1.82, 2.24) is 10.9 Å². The number of nitrogens with one attached hydrogen (secondary N) is 2. The van der Waals surface area contributed by atoms with Crippen LogP contribution in [0.25, 0.3) is 0 Å². The number of hydrogen-bond donors (Lipinski definition) is 2. The van der Waals surface area contributed by atoms with Crippen molar-refractivity contribution < 1.29 is 23.8 Å². The number of carbonyl (C=O) groups is 2. The summed E-state index contributed by atoms with van der Waals surface area (Å²) in [7, 11) is 1.51. The molecule has 7 nitrogen and oxygen atoms in total. The number of unbranched alkanes of at least 4 members (excludes halogenated alkanes) is 1. The van der Waals surface area contributed by atoms with E-state index in [0.717, 1.165) is 24.0 Å². The lowest BCUT2D eigenvalue weighted by molar-refractivity contribution is -0.128. The number of aryl methyl sites for hydroxylation is 1. The fraction of sp³-hybridized carbons (Fsp3) is 0.391. The van der Waals surface area contributed by atoms with Crippen LogP contribution in [0.3, 0.4) is 0 Å². The lowest BCUT2D eigenvalue weighted by atomic mass is 10.1. The highest BCUT2D eigenvalue weighted by Crippen LogP contribution is 2.28. The van der Waals surface area contributed by atoms with Crippen LogP contribution >= 0.6 is 0 Å². The Balaban J connectivity index is 1.94. The zero-order valence-electron chi connectivity index (χ0n) is 18.2. The minimum Gasteiger partial charge on any atom is -0.493 e. The minimum absolute atomic E-state index is 0.332. The van der Waals surface area contributed by atoms with E-state index >= 15 is 0 Å². The van der Waals surface area contributed by atoms with E-state index in [2.05, 4.69) is 17.8 Å². The van der Waals surface area contributed by atoms with Gasteiger partial charge in [-0.25, -0.2) is 0 Å². The van der Waals surface area contributed by atoms with Gasteiger partial charge in [-0.15, -0.1) is 0 Å². The molecule has 0 saturated carbocycles. The first-order valence-electron chi connectivity index (χ1n) is 10.0. The molecule has 0 aliphatic carbocycles. The zero-order valence-corrected chi connectivity index (χ0v) is 18.2. The Morgan fingerprint density at radius 1 is 1.03 bits per heavy atom. The van der Waals surface area contributed by atoms with Crippen LogP contribution in [0.15, 0.2) is 36.4 Å². The Labute approximate surface area is 177 Å². The van der Waals surface area contributed by atoms with Gasteiger partial charge in [-0.3, -0.25) is 20.4 Å². The van der Waals surface area contributed by atoms with Gasteiger partial charge in [-0.1, -0.05) is 25.5 Å². The predicted molar refractivity (Wildman–Crippen MR) is 115 cm³/mol. The average Bonchev–Trinajstić information content (AvgIpc) is 2.75. The number of amides is 2. The number of methoxy groups -OCH3 is 1. The largest absolute Gasteiger partial charge is 0.493 e. The average molecular weight is 415 g/mol. The quantitative estimate of drug-likeness (QED) is 0.482. The number of hydrogen-bond acceptors (Lipinski definition) is 5. The van der Waals surface area contributed by atoms with E-state index in [1.54, 1.807) is 31.2 Å². The molecule has 0 unspecified atom stereocenters. The van der Waals surface area contributed by atoms with E-state index < -0.39 is 17.9 Å². The lowest BCUT2D eigenvalue weighted by Gasteiger charge is -2.17. The normalized spacial score (nSPS) is 11.4. The summed E-state index contributed by atoms with van der Waals surface area (Å²) in [6.45, 7) is 8.18. The maximum atomic E-state index is 12.4. The molecule has 162 valence electrons. The second-order valence-corrected chi connectivity index (χ2v) is 6.97. The van der Waals surface area contributed by atoms with Crippen molar-refractivity contribution in [1.29, 1.82) is 0 Å². The first kappa shape index (κ1) is 23.1. The summed E-state index contributed by atoms with van der Waals surface area (Å²) in [5.74, 6) is 0.725. The highest BCUT2D eigenvalue weighted by atomic mass is 16.5. The van der Waals surface area contributed by atoms with Crippen LogP contribution in [0, 0.1) is 13.8 Å². The van der Waals surface area contributed by atoms with Crippen LogP contribution in [0.4, 0.5) is 0 Å². The summed E-state index contributed by atoms with van der Waals surface area (Å²) < 4.78 is 16.7. The molecule has 0 saturated heterocycles. The maximum Gasteiger partial charge on any atom is 0.279 e. The second kappa shape index (κ2) is 11.1. The molecule has 0 fully saturated rings. The fourth-order valence-electron chi connectivity index (χ4n) is 2.64. The zero-order chi connectivity index (χ0) is 22.1. The number of hydrazine groups is 1. The van der Waals surface area contributed by atoms with Gasteiger partial charge in [0.05, 0.1) is 13.7 Å². The molecule has 30 heavy (non-hydrogen) atoms. The van der Waals surface area contributed by atoms with Crippen molar-refractivity contribution in [3.8, 4) is 17.2 Å². The number of rotatable bonds is 9. The van der Waals surface area contributed by atoms with Crippen molar-refractivity contribution in [2.45, 2.75) is 46.6 Å². The van der Waals surface area contributed by atoms with Gasteiger partial charge in [-0.2, -0.15) is 0 Å². The van der Waals surface area contributed by atoms with E-state index in [9.17, 15) is 9.59 Å². The van der Waals surface area contributed by atoms with Gasteiger partial charge in [0.2, 0.25) is 0 Å². The van der Waals surface area contributed by atoms with Gasteiger partial charge in [0.25, 0.3) is 11.8 Å². The van der Waals surface area contributed by atoms with Gasteiger partial charge >= 0.3 is 0 Å². The maximum absolute atomic E-state index is 12.4. The first-order chi connectivity index (χ1) is 14.4. The molecule has 2 amide bonds. The minimum atomic E-state index is -0.783. The van der Waals surface area contributed by atoms with Gasteiger partial charge in [0.1, 0.15) is 5.75 Å². The van der Waals surface area contributed by atoms with Crippen LogP contribution in [0.2, 0.25) is 0 Å². The van der Waals surface area contributed by atoms with Crippen LogP contribution in [-0.4, -0.2) is 31.6 Å². The third-order valence-electron chi connectivity index (χ3n) is 4.71. The molecular weight excluding hydrogens is 384 g/mol. The Morgan fingerprint density at radius 2 is 1.80 bits per heavy atom. The first-order valence-corrected chi connectivity index (χ1v) is 10.0. The van der Waals surface area contributed by atoms with E-state index in [4.69, 9.17) is 14.2 Å². The standard InChI is InChI=1S/C23H30N2O5/c1-6-7-13-29-20-12-11-18(14-21(20)28-5)23(27)25-24-22(26)17(4)30-19-10-8-9-15(2)16(19)3/h8-12,14,17H,6-7,13H2,1-5H3,(H,24,26)(H,25,27)/t17-/m1/s1. The third-order valence-corrected chi connectivity index (χ3v) is 4.71. The Morgan fingerprint density at radius 3 is 2.50 bits per heavy atom. The molecule has 0 spiro atoms. The highest BCUT2D eigenvalue weighted by Gasteiger charge is 2.18. The van der Waals surface area contributed by atoms with Crippen LogP contribution < -0.4 is 25.1 Å². The summed E-state index contributed by atoms with van der Waals surface area (Å²) in [6, 6.07) is 10.5. The van der Waals surface area contributed by atoms with Crippen LogP contribution in [-0.2, 0) is 4.79 Å². The molecule has 0 aliphatic rings. The van der Waals surface area contributed by atoms with Crippen molar-refractivity contribution >= 4 is 11.8 Å². The Kier molecular flexibility index (Phi) is 8.53. The molecule has 0 radical (unpaired) electrons. The molecule has 0 aliphatic heterocycles. The third kappa shape index (κ3) is 6.14. The molecule has 0 bridgehead atoms. The van der Waals surface area contributed by atoms with Crippen molar-refractivity contribution in [3.63, 3.8) is 0 Å². The molecule has 2 aromatic rings. The van der Waals surface area contributed by atoms with Gasteiger partial charge in [0.15, 0.2) is 17.6 Å². The summed E-state index contributed by atoms with van der Waals surface area (Å²) in [5.41, 5.74) is 7.17. The van der Waals surface area contributed by atoms with E-state index in [-0.39, 0.29) is 0 Å². The molecule has 0 aromatic heterocycles. The molecular formula is C23H30N2O5. The number of benzene rings is 2. The fourth-order valence-corrected chi connectivity index (χ4v) is 2.64. The van der Waals surface area contributed by atoms with E-state index in [0.29, 0.717) is 29.4 Å². The highest BCUT2D eigenvalue weighted by molar-refractivity contribution is 5.96. The summed E-state index contributed by atoms with van der Waals surface area (Å²) in [6.07, 6.45) is 1.17. The van der Waals surface area contributed by atoms with Gasteiger partial charge in [0, 0.05) is 5.56 Å². The van der Waals surface area contributed by atoms with Crippen molar-refractivity contribution in [3.05, 3.63) is 53.1 Å². The Hall–Kier alpha value is -3.22. The SMILES string of the molecule is CCCCOc1ccc(C(=O)NNC(=O)[C@@H](C)Oc2cccc(C)c2C)cc1OC. The van der Waals surface area contributed by atoms with Crippen molar-refractivity contribution in [2.24, 2.45) is 0 Å².